The van der Waals surface area contributed by atoms with Crippen molar-refractivity contribution in [1.29, 1.82) is 0 Å². The lowest BCUT2D eigenvalue weighted by atomic mass is 10.1. The zero-order chi connectivity index (χ0) is 21.6. The molecule has 0 fully saturated rings. The quantitative estimate of drug-likeness (QED) is 0.589. The first-order valence-corrected chi connectivity index (χ1v) is 9.82. The van der Waals surface area contributed by atoms with Crippen molar-refractivity contribution in [2.75, 3.05) is 11.9 Å². The van der Waals surface area contributed by atoms with E-state index in [-0.39, 0.29) is 30.9 Å². The number of aryl methyl sites for hydroxylation is 1. The summed E-state index contributed by atoms with van der Waals surface area (Å²) in [5, 5.41) is 5.73. The Morgan fingerprint density at radius 3 is 2.55 bits per heavy atom. The normalized spacial score (nSPS) is 11.6. The third kappa shape index (κ3) is 5.47. The van der Waals surface area contributed by atoms with E-state index in [1.54, 1.807) is 20.8 Å². The number of carbonyl (C=O) groups excluding carboxylic acids is 3. The van der Waals surface area contributed by atoms with Crippen molar-refractivity contribution in [2.24, 2.45) is 5.92 Å². The van der Waals surface area contributed by atoms with E-state index in [1.807, 2.05) is 38.1 Å². The van der Waals surface area contributed by atoms with Gasteiger partial charge in [-0.2, -0.15) is 0 Å². The minimum atomic E-state index is -0.442. The molecule has 3 N–H and O–H groups in total. The van der Waals surface area contributed by atoms with Crippen LogP contribution in [0.3, 0.4) is 0 Å². The van der Waals surface area contributed by atoms with Gasteiger partial charge in [-0.15, -0.1) is 0 Å². The van der Waals surface area contributed by atoms with Crippen molar-refractivity contribution in [3.63, 3.8) is 0 Å². The molecule has 0 bridgehead atoms. The summed E-state index contributed by atoms with van der Waals surface area (Å²) in [5.41, 5.74) is 3.44. The highest BCUT2D eigenvalue weighted by Gasteiger charge is 2.22. The topological polar surface area (TPSA) is 100 Å². The van der Waals surface area contributed by atoms with E-state index >= 15 is 0 Å². The molecule has 0 aliphatic rings. The molecule has 7 nitrogen and oxygen atoms in total. The molecule has 0 saturated heterocycles. The number of carbonyl (C=O) groups is 3. The van der Waals surface area contributed by atoms with Crippen LogP contribution in [-0.4, -0.2) is 29.4 Å². The Hall–Kier alpha value is -3.09. The van der Waals surface area contributed by atoms with Crippen molar-refractivity contribution in [3.8, 4) is 0 Å². The second-order valence-corrected chi connectivity index (χ2v) is 7.03. The molecule has 1 unspecified atom stereocenters. The van der Waals surface area contributed by atoms with Crippen LogP contribution < -0.4 is 10.6 Å². The standard InChI is InChI=1S/C22H29N3O4/c1-6-13(3)20(26)25-17-10-8-9-16(11-17)12-23-21(27)19-14(4)18(15(5)24-19)22(28)29-7-2/h8-11,13,24H,6-7,12H2,1-5H3,(H,23,27)(H,25,26). The predicted octanol–water partition coefficient (Wildman–Crippen LogP) is 3.72. The molecule has 1 atom stereocenters. The minimum absolute atomic E-state index is 0.0299. The Morgan fingerprint density at radius 1 is 1.17 bits per heavy atom. The number of rotatable bonds is 8. The molecule has 0 aliphatic carbocycles. The molecule has 2 amide bonds. The lowest BCUT2D eigenvalue weighted by Gasteiger charge is -2.11. The maximum Gasteiger partial charge on any atom is 0.340 e. The summed E-state index contributed by atoms with van der Waals surface area (Å²) in [6, 6.07) is 7.35. The molecule has 0 radical (unpaired) electrons. The van der Waals surface area contributed by atoms with Crippen LogP contribution in [0.4, 0.5) is 5.69 Å². The summed E-state index contributed by atoms with van der Waals surface area (Å²) in [4.78, 5) is 39.7. The van der Waals surface area contributed by atoms with Crippen molar-refractivity contribution >= 4 is 23.5 Å². The number of hydrogen-bond donors (Lipinski definition) is 3. The number of nitrogens with one attached hydrogen (secondary N) is 3. The van der Waals surface area contributed by atoms with Gasteiger partial charge >= 0.3 is 5.97 Å². The van der Waals surface area contributed by atoms with Crippen molar-refractivity contribution in [3.05, 3.63) is 52.3 Å². The number of amides is 2. The first-order valence-electron chi connectivity index (χ1n) is 9.82. The van der Waals surface area contributed by atoms with Gasteiger partial charge in [0.25, 0.3) is 5.91 Å². The van der Waals surface area contributed by atoms with E-state index in [1.165, 1.54) is 0 Å². The smallest absolute Gasteiger partial charge is 0.340 e. The van der Waals surface area contributed by atoms with Crippen LogP contribution >= 0.6 is 0 Å². The number of anilines is 1. The van der Waals surface area contributed by atoms with Gasteiger partial charge in [0.2, 0.25) is 5.91 Å². The van der Waals surface area contributed by atoms with Crippen molar-refractivity contribution in [2.45, 2.75) is 47.6 Å². The van der Waals surface area contributed by atoms with E-state index in [4.69, 9.17) is 4.74 Å². The van der Waals surface area contributed by atoms with Gasteiger partial charge in [0.15, 0.2) is 0 Å². The van der Waals surface area contributed by atoms with Gasteiger partial charge in [-0.3, -0.25) is 9.59 Å². The fourth-order valence-corrected chi connectivity index (χ4v) is 2.97. The molecule has 0 saturated carbocycles. The summed E-state index contributed by atoms with van der Waals surface area (Å²) in [5.74, 6) is -0.846. The summed E-state index contributed by atoms with van der Waals surface area (Å²) in [6.45, 7) is 9.60. The molecule has 1 aromatic carbocycles. The molecule has 29 heavy (non-hydrogen) atoms. The third-order valence-corrected chi connectivity index (χ3v) is 4.85. The van der Waals surface area contributed by atoms with Crippen LogP contribution in [0.15, 0.2) is 24.3 Å². The second-order valence-electron chi connectivity index (χ2n) is 7.03. The van der Waals surface area contributed by atoms with Gasteiger partial charge in [-0.05, 0) is 50.5 Å². The summed E-state index contributed by atoms with van der Waals surface area (Å²) in [6.07, 6.45) is 0.768. The number of aromatic amines is 1. The molecule has 2 aromatic rings. The van der Waals surface area contributed by atoms with Gasteiger partial charge in [-0.25, -0.2) is 4.79 Å². The predicted molar refractivity (Wildman–Crippen MR) is 112 cm³/mol. The van der Waals surface area contributed by atoms with Gasteiger partial charge in [-0.1, -0.05) is 26.0 Å². The van der Waals surface area contributed by atoms with E-state index in [0.717, 1.165) is 12.0 Å². The molecule has 2 rings (SSSR count). The summed E-state index contributed by atoms with van der Waals surface area (Å²) >= 11 is 0. The Bertz CT molecular complexity index is 901. The van der Waals surface area contributed by atoms with E-state index < -0.39 is 5.97 Å². The number of hydrogen-bond acceptors (Lipinski definition) is 4. The fraction of sp³-hybridized carbons (Fsp3) is 0.409. The first-order chi connectivity index (χ1) is 13.8. The fourth-order valence-electron chi connectivity index (χ4n) is 2.97. The molecular weight excluding hydrogens is 370 g/mol. The van der Waals surface area contributed by atoms with Gasteiger partial charge in [0, 0.05) is 23.8 Å². The molecule has 156 valence electrons. The lowest BCUT2D eigenvalue weighted by Crippen LogP contribution is -2.24. The lowest BCUT2D eigenvalue weighted by molar-refractivity contribution is -0.119. The molecule has 1 aromatic heterocycles. The SMILES string of the molecule is CCOC(=O)c1c(C)[nH]c(C(=O)NCc2cccc(NC(=O)C(C)CC)c2)c1C. The third-order valence-electron chi connectivity index (χ3n) is 4.85. The number of benzene rings is 1. The van der Waals surface area contributed by atoms with Crippen LogP contribution in [0.5, 0.6) is 0 Å². The number of aromatic nitrogens is 1. The van der Waals surface area contributed by atoms with Crippen molar-refractivity contribution < 1.29 is 19.1 Å². The largest absolute Gasteiger partial charge is 0.462 e. The zero-order valence-corrected chi connectivity index (χ0v) is 17.6. The highest BCUT2D eigenvalue weighted by Crippen LogP contribution is 2.19. The monoisotopic (exact) mass is 399 g/mol. The average molecular weight is 399 g/mol. The second kappa shape index (κ2) is 9.91. The Balaban J connectivity index is 2.06. The average Bonchev–Trinajstić information content (AvgIpc) is 3.00. The summed E-state index contributed by atoms with van der Waals surface area (Å²) < 4.78 is 5.06. The number of ether oxygens (including phenoxy) is 1. The molecule has 0 aliphatic heterocycles. The van der Waals surface area contributed by atoms with Crippen LogP contribution in [0, 0.1) is 19.8 Å². The van der Waals surface area contributed by atoms with Crippen LogP contribution in [-0.2, 0) is 16.1 Å². The minimum Gasteiger partial charge on any atom is -0.462 e. The van der Waals surface area contributed by atoms with Gasteiger partial charge < -0.3 is 20.4 Å². The Kier molecular flexibility index (Phi) is 7.59. The Morgan fingerprint density at radius 2 is 1.90 bits per heavy atom. The number of esters is 1. The van der Waals surface area contributed by atoms with Gasteiger partial charge in [0.1, 0.15) is 5.69 Å². The molecule has 1 heterocycles. The molecule has 0 spiro atoms. The van der Waals surface area contributed by atoms with Crippen LogP contribution in [0.25, 0.3) is 0 Å². The molecular formula is C22H29N3O4. The van der Waals surface area contributed by atoms with Crippen molar-refractivity contribution in [1.82, 2.24) is 10.3 Å². The zero-order valence-electron chi connectivity index (χ0n) is 17.6. The van der Waals surface area contributed by atoms with Gasteiger partial charge in [0.05, 0.1) is 12.2 Å². The first kappa shape index (κ1) is 22.2. The van der Waals surface area contributed by atoms with Crippen LogP contribution in [0.1, 0.15) is 64.9 Å². The highest BCUT2D eigenvalue weighted by atomic mass is 16.5. The van der Waals surface area contributed by atoms with E-state index in [2.05, 4.69) is 15.6 Å². The van der Waals surface area contributed by atoms with E-state index in [9.17, 15) is 14.4 Å². The highest BCUT2D eigenvalue weighted by molar-refractivity contribution is 6.00. The molecule has 7 heteroatoms. The Labute approximate surface area is 171 Å². The maximum absolute atomic E-state index is 12.6. The summed E-state index contributed by atoms with van der Waals surface area (Å²) in [7, 11) is 0. The maximum atomic E-state index is 12.6. The number of H-pyrrole nitrogens is 1. The van der Waals surface area contributed by atoms with E-state index in [0.29, 0.717) is 28.2 Å². The van der Waals surface area contributed by atoms with Crippen LogP contribution in [0.2, 0.25) is 0 Å².